The van der Waals surface area contributed by atoms with Crippen LogP contribution < -0.4 is 5.32 Å². The predicted molar refractivity (Wildman–Crippen MR) is 287 cm³/mol. The van der Waals surface area contributed by atoms with Crippen molar-refractivity contribution < 1.29 is 37.8 Å². The number of halogens is 3. The summed E-state index contributed by atoms with van der Waals surface area (Å²) in [7, 11) is 0. The van der Waals surface area contributed by atoms with Gasteiger partial charge in [0.1, 0.15) is 0 Å². The van der Waals surface area contributed by atoms with Crippen molar-refractivity contribution in [2.45, 2.75) is 106 Å². The van der Waals surface area contributed by atoms with Gasteiger partial charge in [-0.3, -0.25) is 24.7 Å². The second kappa shape index (κ2) is 32.4. The molecule has 0 spiro atoms. The summed E-state index contributed by atoms with van der Waals surface area (Å²) in [6, 6.07) is 40.2. The molecule has 0 aliphatic carbocycles. The molecule has 4 aromatic heterocycles. The number of aliphatic carboxylic acids is 1. The SMILES string of the molecule is C.C.C.N#CC1(CCCCc2ccccc2)CCN(C(=O)c2cccnc2-c2ccncc2)CC1.N#CC1(CCCCc2ccccc2)CCNCC1.O=C(O)C(F)(F)F.O=C(O)c1cccnc1-c1ccncc1. The molecule has 2 saturated heterocycles. The summed E-state index contributed by atoms with van der Waals surface area (Å²) < 4.78 is 31.7. The highest BCUT2D eigenvalue weighted by molar-refractivity contribution is 6.00. The topological polar surface area (TPSA) is 206 Å². The molecule has 1 amide bonds. The van der Waals surface area contributed by atoms with E-state index >= 15 is 0 Å². The number of carboxylic acids is 2. The normalized spacial score (nSPS) is 13.9. The third-order valence-corrected chi connectivity index (χ3v) is 12.7. The van der Waals surface area contributed by atoms with Gasteiger partial charge >= 0.3 is 18.1 Å². The van der Waals surface area contributed by atoms with Gasteiger partial charge in [0, 0.05) is 61.4 Å². The zero-order valence-corrected chi connectivity index (χ0v) is 40.1. The van der Waals surface area contributed by atoms with Crippen LogP contribution in [0.5, 0.6) is 0 Å². The van der Waals surface area contributed by atoms with Gasteiger partial charge in [-0.1, -0.05) is 95.8 Å². The summed E-state index contributed by atoms with van der Waals surface area (Å²) in [5, 5.41) is 38.7. The zero-order chi connectivity index (χ0) is 51.7. The quantitative estimate of drug-likeness (QED) is 0.0871. The number of rotatable bonds is 14. The second-order valence-corrected chi connectivity index (χ2v) is 17.6. The van der Waals surface area contributed by atoms with Crippen LogP contribution in [0.4, 0.5) is 13.2 Å². The first-order chi connectivity index (χ1) is 34.8. The number of hydrogen-bond donors (Lipinski definition) is 3. The number of carbonyl (C=O) groups excluding carboxylic acids is 1. The fourth-order valence-electron chi connectivity index (χ4n) is 8.56. The molecule has 0 saturated carbocycles. The van der Waals surface area contributed by atoms with E-state index in [4.69, 9.17) is 15.0 Å². The van der Waals surface area contributed by atoms with Gasteiger partial charge in [0.05, 0.1) is 45.5 Å². The number of unbranched alkanes of at least 4 members (excludes halogenated alkanes) is 2. The molecule has 6 aromatic rings. The number of nitrogens with zero attached hydrogens (tertiary/aromatic N) is 7. The summed E-state index contributed by atoms with van der Waals surface area (Å²) in [6.07, 6.45) is 17.0. The Balaban J connectivity index is 0.000000381. The number of benzene rings is 2. The van der Waals surface area contributed by atoms with Crippen molar-refractivity contribution in [3.8, 4) is 34.7 Å². The highest BCUT2D eigenvalue weighted by Crippen LogP contribution is 2.37. The molecule has 0 radical (unpaired) electrons. The second-order valence-electron chi connectivity index (χ2n) is 17.6. The number of nitriles is 2. The standard InChI is InChI=1S/C27H28N4O.C16H22N2.C11H8N2O2.C2HF3O2.3CH4/c28-21-27(13-5-4-9-22-7-2-1-3-8-22)14-19-31(20-15-27)26(32)24-10-6-16-30-25(24)23-11-17-29-18-12-23;17-14-16(10-12-18-13-11-16)9-5-4-8-15-6-2-1-3-7-15;14-11(15)9-2-1-5-13-10(9)8-3-6-12-7-4-8;3-2(4,5)1(6)7;;;/h1-3,6-8,10-12,16-18H,4-5,9,13-15,19-20H2;1-3,6-7,18H,4-5,8-13H2;1-7H,(H,14,15);(H,6,7);3*1H4. The summed E-state index contributed by atoms with van der Waals surface area (Å²) in [4.78, 5) is 51.5. The molecule has 2 aliphatic rings. The van der Waals surface area contributed by atoms with Gasteiger partial charge in [-0.25, -0.2) is 9.59 Å². The molecule has 0 atom stereocenters. The predicted octanol–water partition coefficient (Wildman–Crippen LogP) is 13.0. The summed E-state index contributed by atoms with van der Waals surface area (Å²) in [6.45, 7) is 3.23. The number of nitrogens with one attached hydrogen (secondary N) is 1. The van der Waals surface area contributed by atoms with Crippen LogP contribution in [0.1, 0.15) is 118 Å². The van der Waals surface area contributed by atoms with Crippen LogP contribution in [0, 0.1) is 33.5 Å². The molecule has 6 heterocycles. The van der Waals surface area contributed by atoms with Gasteiger partial charge in [-0.2, -0.15) is 23.7 Å². The van der Waals surface area contributed by atoms with Crippen molar-refractivity contribution in [1.29, 1.82) is 10.5 Å². The maximum atomic E-state index is 13.3. The minimum absolute atomic E-state index is 0. The van der Waals surface area contributed by atoms with E-state index in [1.807, 2.05) is 29.2 Å². The van der Waals surface area contributed by atoms with E-state index in [1.165, 1.54) is 30.0 Å². The highest BCUT2D eigenvalue weighted by Gasteiger charge is 2.38. The number of carbonyl (C=O) groups is 3. The Morgan fingerprint density at radius 1 is 0.573 bits per heavy atom. The van der Waals surface area contributed by atoms with Crippen molar-refractivity contribution in [3.05, 3.63) is 169 Å². The molecule has 13 nitrogen and oxygen atoms in total. The Hall–Kier alpha value is -7.82. The number of amides is 1. The Bertz CT molecular complexity index is 2690. The minimum Gasteiger partial charge on any atom is -0.478 e. The van der Waals surface area contributed by atoms with Crippen molar-refractivity contribution >= 4 is 17.8 Å². The van der Waals surface area contributed by atoms with Crippen LogP contribution in [0.2, 0.25) is 0 Å². The number of alkyl halides is 3. The molecule has 0 unspecified atom stereocenters. The average Bonchev–Trinajstić information content (AvgIpc) is 3.42. The number of piperidine rings is 2. The number of pyridine rings is 4. The zero-order valence-electron chi connectivity index (χ0n) is 40.1. The van der Waals surface area contributed by atoms with Crippen molar-refractivity contribution in [1.82, 2.24) is 30.2 Å². The first kappa shape index (κ1) is 63.3. The molecule has 2 aliphatic heterocycles. The summed E-state index contributed by atoms with van der Waals surface area (Å²) in [5.41, 5.74) is 5.97. The number of hydrogen-bond acceptors (Lipinski definition) is 10. The van der Waals surface area contributed by atoms with E-state index in [-0.39, 0.29) is 44.6 Å². The average molecular weight is 1030 g/mol. The number of aromatic nitrogens is 4. The third kappa shape index (κ3) is 20.2. The van der Waals surface area contributed by atoms with Gasteiger partial charge in [0.2, 0.25) is 0 Å². The van der Waals surface area contributed by atoms with E-state index in [2.05, 4.69) is 92.0 Å². The first-order valence-electron chi connectivity index (χ1n) is 23.9. The fraction of sp³-hybridized carbons (Fsp3) is 0.373. The Morgan fingerprint density at radius 3 is 1.37 bits per heavy atom. The number of aryl methyl sites for hydroxylation is 2. The van der Waals surface area contributed by atoms with Gasteiger partial charge in [-0.15, -0.1) is 0 Å². The monoisotopic (exact) mass is 1030 g/mol. The van der Waals surface area contributed by atoms with E-state index in [0.29, 0.717) is 30.0 Å². The van der Waals surface area contributed by atoms with E-state index in [9.17, 15) is 33.3 Å². The molecule has 0 bridgehead atoms. The van der Waals surface area contributed by atoms with Crippen LogP contribution in [-0.2, 0) is 17.6 Å². The number of likely N-dealkylation sites (tertiary alicyclic amines) is 1. The number of aromatic carboxylic acids is 1. The van der Waals surface area contributed by atoms with Crippen LogP contribution in [0.15, 0.2) is 146 Å². The van der Waals surface area contributed by atoms with Gasteiger partial charge in [0.15, 0.2) is 0 Å². The van der Waals surface area contributed by atoms with Crippen molar-refractivity contribution in [2.75, 3.05) is 26.2 Å². The highest BCUT2D eigenvalue weighted by atomic mass is 19.4. The largest absolute Gasteiger partial charge is 0.490 e. The molecule has 3 N–H and O–H groups in total. The van der Waals surface area contributed by atoms with Gasteiger partial charge in [0.25, 0.3) is 5.91 Å². The summed E-state index contributed by atoms with van der Waals surface area (Å²) >= 11 is 0. The van der Waals surface area contributed by atoms with Crippen LogP contribution in [0.25, 0.3) is 22.5 Å². The Kier molecular flexibility index (Phi) is 27.3. The molecule has 398 valence electrons. The molecule has 2 aromatic carbocycles. The Labute approximate surface area is 440 Å². The van der Waals surface area contributed by atoms with Gasteiger partial charge < -0.3 is 20.4 Å². The molecule has 2 fully saturated rings. The van der Waals surface area contributed by atoms with Crippen LogP contribution in [-0.4, -0.2) is 85.2 Å². The molecule has 75 heavy (non-hydrogen) atoms. The lowest BCUT2D eigenvalue weighted by molar-refractivity contribution is -0.192. The molecule has 16 heteroatoms. The van der Waals surface area contributed by atoms with E-state index in [0.717, 1.165) is 88.4 Å². The fourth-order valence-corrected chi connectivity index (χ4v) is 8.56. The Morgan fingerprint density at radius 2 is 0.973 bits per heavy atom. The lowest BCUT2D eigenvalue weighted by atomic mass is 9.75. The number of carboxylic acid groups (broad SMARTS) is 2. The van der Waals surface area contributed by atoms with E-state index < -0.39 is 18.1 Å². The van der Waals surface area contributed by atoms with Gasteiger partial charge in [-0.05, 0) is 137 Å². The first-order valence-corrected chi connectivity index (χ1v) is 23.9. The molecular weight excluding hydrogens is 958 g/mol. The van der Waals surface area contributed by atoms with E-state index in [1.54, 1.807) is 61.4 Å². The third-order valence-electron chi connectivity index (χ3n) is 12.7. The lowest BCUT2D eigenvalue weighted by Crippen LogP contribution is -2.43. The van der Waals surface area contributed by atoms with Crippen LogP contribution >= 0.6 is 0 Å². The maximum Gasteiger partial charge on any atom is 0.490 e. The lowest BCUT2D eigenvalue weighted by Gasteiger charge is -2.37. The minimum atomic E-state index is -5.08. The van der Waals surface area contributed by atoms with Crippen molar-refractivity contribution in [2.24, 2.45) is 10.8 Å². The molecule has 8 rings (SSSR count). The molecular formula is C59H71F3N8O5. The maximum absolute atomic E-state index is 13.3. The smallest absolute Gasteiger partial charge is 0.478 e. The van der Waals surface area contributed by atoms with Crippen LogP contribution in [0.3, 0.4) is 0 Å². The summed E-state index contributed by atoms with van der Waals surface area (Å²) in [5.74, 6) is -3.75. The van der Waals surface area contributed by atoms with Crippen molar-refractivity contribution in [3.63, 3.8) is 0 Å².